The van der Waals surface area contributed by atoms with Crippen LogP contribution in [0.5, 0.6) is 0 Å². The molecule has 2 aromatic heterocycles. The van der Waals surface area contributed by atoms with Gasteiger partial charge >= 0.3 is 0 Å². The van der Waals surface area contributed by atoms with Crippen molar-refractivity contribution in [2.24, 2.45) is 0 Å². The van der Waals surface area contributed by atoms with Crippen molar-refractivity contribution in [1.29, 1.82) is 0 Å². The fourth-order valence-corrected chi connectivity index (χ4v) is 17.1. The van der Waals surface area contributed by atoms with E-state index in [1.807, 2.05) is 17.4 Å². The van der Waals surface area contributed by atoms with E-state index >= 15 is 0 Å². The van der Waals surface area contributed by atoms with E-state index in [0.29, 0.717) is 0 Å². The topological polar surface area (TPSA) is 19.6 Å². The summed E-state index contributed by atoms with van der Waals surface area (Å²) in [5.74, 6) is 0. The first kappa shape index (κ1) is 60.6. The summed E-state index contributed by atoms with van der Waals surface area (Å²) >= 11 is 1.85. The summed E-state index contributed by atoms with van der Waals surface area (Å²) in [6.07, 6.45) is 0. The van der Waals surface area contributed by atoms with Gasteiger partial charge in [-0.3, -0.25) is 0 Å². The minimum Gasteiger partial charge on any atom is -0.456 e. The van der Waals surface area contributed by atoms with Crippen molar-refractivity contribution in [3.63, 3.8) is 0 Å². The lowest BCUT2D eigenvalue weighted by atomic mass is 9.90. The highest BCUT2D eigenvalue weighted by atomic mass is 32.1. The summed E-state index contributed by atoms with van der Waals surface area (Å²) < 4.78 is 9.05. The Bertz CT molecular complexity index is 6680. The highest BCUT2D eigenvalue weighted by Crippen LogP contribution is 2.49. The molecule has 0 aliphatic carbocycles. The Hall–Kier alpha value is -13.4. The average Bonchev–Trinajstić information content (AvgIpc) is 1.45. The smallest absolute Gasteiger partial charge is 0.137 e. The number of rotatable bonds is 13. The number of anilines is 6. The molecule has 0 aliphatic rings. The zero-order valence-corrected chi connectivity index (χ0v) is 57.5. The van der Waals surface area contributed by atoms with Gasteiger partial charge in [-0.1, -0.05) is 279 Å². The summed E-state index contributed by atoms with van der Waals surface area (Å²) in [6.45, 7) is 0. The highest BCUT2D eigenvalue weighted by Gasteiger charge is 2.23. The van der Waals surface area contributed by atoms with Gasteiger partial charge in [0.2, 0.25) is 0 Å². The first-order valence-corrected chi connectivity index (χ1v) is 36.4. The number of benzene rings is 18. The first-order chi connectivity index (χ1) is 51.5. The average molecular weight is 1340 g/mol. The summed E-state index contributed by atoms with van der Waals surface area (Å²) in [7, 11) is 0. The summed E-state index contributed by atoms with van der Waals surface area (Å²) in [4.78, 5) is 4.82. The summed E-state index contributed by atoms with van der Waals surface area (Å²) in [6, 6.07) is 142. The molecule has 0 spiro atoms. The van der Waals surface area contributed by atoms with Crippen LogP contribution in [0.4, 0.5) is 34.1 Å². The first-order valence-electron chi connectivity index (χ1n) is 35.6. The van der Waals surface area contributed by atoms with Gasteiger partial charge < -0.3 is 14.2 Å². The molecule has 0 amide bonds. The van der Waals surface area contributed by atoms with E-state index in [2.05, 4.69) is 392 Å². The van der Waals surface area contributed by atoms with Crippen molar-refractivity contribution in [3.05, 3.63) is 388 Å². The van der Waals surface area contributed by atoms with Gasteiger partial charge in [0, 0.05) is 48.3 Å². The molecule has 0 aliphatic heterocycles. The zero-order chi connectivity index (χ0) is 68.6. The van der Waals surface area contributed by atoms with Gasteiger partial charge in [0.05, 0.1) is 16.8 Å². The van der Waals surface area contributed by atoms with E-state index in [9.17, 15) is 0 Å². The molecule has 0 N–H and O–H groups in total. The number of hydrogen-bond donors (Lipinski definition) is 0. The molecule has 20 rings (SSSR count). The Labute approximate surface area is 606 Å². The second-order valence-corrected chi connectivity index (χ2v) is 28.1. The van der Waals surface area contributed by atoms with Crippen LogP contribution in [0.2, 0.25) is 0 Å². The lowest BCUT2D eigenvalue weighted by Crippen LogP contribution is -2.10. The van der Waals surface area contributed by atoms with E-state index in [4.69, 9.17) is 4.42 Å². The Kier molecular flexibility index (Phi) is 14.8. The van der Waals surface area contributed by atoms with Crippen LogP contribution in [0.1, 0.15) is 0 Å². The maximum Gasteiger partial charge on any atom is 0.137 e. The third-order valence-electron chi connectivity index (χ3n) is 21.1. The Morgan fingerprint density at radius 2 is 0.567 bits per heavy atom. The lowest BCUT2D eigenvalue weighted by Gasteiger charge is -2.27. The quantitative estimate of drug-likeness (QED) is 0.115. The number of para-hydroxylation sites is 1. The molecule has 486 valence electrons. The largest absolute Gasteiger partial charge is 0.456 e. The Balaban J connectivity index is 0.643. The SMILES string of the molecule is c1ccc(-c2ccc3cc(-c4ccc(-c5ccc6cccc(-c7ccc(N(c8ccc(-c9cccc%10ccccc9%10)cc8)c8cccc9oc%10ccccc%10c89)cc7)c6c5)cc4)cc(-c4ccc(N(c5ccc(-c6cccc7ccccc67)cc5)c5cccc6sc7ccccc7c56)cc4)c3c2)cc1. The molecule has 0 fully saturated rings. The van der Waals surface area contributed by atoms with Crippen LogP contribution in [0.15, 0.2) is 393 Å². The molecule has 0 saturated carbocycles. The molecule has 0 saturated heterocycles. The molecule has 4 heteroatoms. The van der Waals surface area contributed by atoms with E-state index in [-0.39, 0.29) is 0 Å². The van der Waals surface area contributed by atoms with Crippen LogP contribution < -0.4 is 9.80 Å². The lowest BCUT2D eigenvalue weighted by molar-refractivity contribution is 0.669. The maximum absolute atomic E-state index is 6.50. The molecule has 0 unspecified atom stereocenters. The van der Waals surface area contributed by atoms with Crippen LogP contribution in [0.3, 0.4) is 0 Å². The van der Waals surface area contributed by atoms with Crippen molar-refractivity contribution in [2.45, 2.75) is 0 Å². The normalized spacial score (nSPS) is 11.7. The minimum atomic E-state index is 0.856. The Morgan fingerprint density at radius 1 is 0.192 bits per heavy atom. The van der Waals surface area contributed by atoms with Gasteiger partial charge in [0.15, 0.2) is 0 Å². The fourth-order valence-electron chi connectivity index (χ4n) is 16.0. The molecule has 20 aromatic rings. The number of thiophene rings is 1. The predicted octanol–water partition coefficient (Wildman–Crippen LogP) is 29.2. The van der Waals surface area contributed by atoms with Gasteiger partial charge in [-0.25, -0.2) is 0 Å². The highest BCUT2D eigenvalue weighted by molar-refractivity contribution is 7.26. The fraction of sp³-hybridized carbons (Fsp3) is 0. The van der Waals surface area contributed by atoms with Gasteiger partial charge in [0.1, 0.15) is 11.2 Å². The van der Waals surface area contributed by atoms with Gasteiger partial charge in [-0.15, -0.1) is 11.3 Å². The second kappa shape index (κ2) is 25.4. The molecule has 18 aromatic carbocycles. The molecule has 2 heterocycles. The monoisotopic (exact) mass is 1340 g/mol. The third-order valence-corrected chi connectivity index (χ3v) is 22.2. The van der Waals surface area contributed by atoms with Crippen LogP contribution in [-0.4, -0.2) is 0 Å². The van der Waals surface area contributed by atoms with Crippen molar-refractivity contribution >= 4 is 131 Å². The molecule has 0 radical (unpaired) electrons. The van der Waals surface area contributed by atoms with E-state index < -0.39 is 0 Å². The predicted molar refractivity (Wildman–Crippen MR) is 444 cm³/mol. The number of nitrogens with zero attached hydrogens (tertiary/aromatic N) is 2. The number of fused-ring (bicyclic) bond motifs is 10. The van der Waals surface area contributed by atoms with Gasteiger partial charge in [-0.05, 0) is 230 Å². The molecule has 0 bridgehead atoms. The van der Waals surface area contributed by atoms with E-state index in [0.717, 1.165) is 89.4 Å². The molecule has 0 atom stereocenters. The van der Waals surface area contributed by atoms with Crippen molar-refractivity contribution in [1.82, 2.24) is 0 Å². The molecule has 104 heavy (non-hydrogen) atoms. The summed E-state index contributed by atoms with van der Waals surface area (Å²) in [5.41, 5.74) is 24.7. The minimum absolute atomic E-state index is 0.856. The Morgan fingerprint density at radius 3 is 1.14 bits per heavy atom. The van der Waals surface area contributed by atoms with Crippen molar-refractivity contribution in [3.8, 4) is 77.9 Å². The number of furan rings is 1. The molecular formula is C100H64N2OS. The standard InChI is InChI=1S/C100H64N2OS/c1-2-17-65(18-3-1)75-43-44-77-61-78(64-91(92(77)63-75)74-51-59-82(60-52-74)102(94-32-16-36-98-100(94)89-27-9-11-35-97(89)104-98)81-55-47-72(48-56-81)86-29-13-22-69-20-5-7-25-84(69)86)67-39-37-66(38-40-67)76-42-41-70-23-14-30-87(90(70)62-76)73-49-57-80(58-50-73)101(93-31-15-34-96-99(93)88-26-8-10-33-95(88)103-96)79-53-45-71(46-54-79)85-28-12-21-68-19-4-6-24-83(68)85/h1-64H. The van der Waals surface area contributed by atoms with E-state index in [1.165, 1.54) is 108 Å². The van der Waals surface area contributed by atoms with Crippen LogP contribution in [0.25, 0.3) is 163 Å². The maximum atomic E-state index is 6.50. The third kappa shape index (κ3) is 10.7. The van der Waals surface area contributed by atoms with E-state index in [1.54, 1.807) is 0 Å². The zero-order valence-electron chi connectivity index (χ0n) is 56.7. The number of hydrogen-bond acceptors (Lipinski definition) is 4. The molecular weight excluding hydrogens is 1280 g/mol. The van der Waals surface area contributed by atoms with Gasteiger partial charge in [0.25, 0.3) is 0 Å². The second-order valence-electron chi connectivity index (χ2n) is 27.1. The van der Waals surface area contributed by atoms with Crippen molar-refractivity contribution in [2.75, 3.05) is 9.80 Å². The van der Waals surface area contributed by atoms with Crippen LogP contribution >= 0.6 is 11.3 Å². The van der Waals surface area contributed by atoms with Crippen LogP contribution in [0, 0.1) is 0 Å². The summed E-state index contributed by atoms with van der Waals surface area (Å²) in [5, 5.41) is 14.4. The van der Waals surface area contributed by atoms with Crippen molar-refractivity contribution < 1.29 is 4.42 Å². The van der Waals surface area contributed by atoms with Gasteiger partial charge in [-0.2, -0.15) is 0 Å². The van der Waals surface area contributed by atoms with Crippen LogP contribution in [-0.2, 0) is 0 Å². The molecule has 3 nitrogen and oxygen atoms in total.